The van der Waals surface area contributed by atoms with Gasteiger partial charge in [0, 0.05) is 20.2 Å². The summed E-state index contributed by atoms with van der Waals surface area (Å²) in [5.74, 6) is -1.82. The Balaban J connectivity index is 2.07. The number of rotatable bonds is 3. The van der Waals surface area contributed by atoms with E-state index in [9.17, 15) is 9.59 Å². The normalized spacial score (nSPS) is 36.9. The van der Waals surface area contributed by atoms with Gasteiger partial charge in [0.15, 0.2) is 0 Å². The number of carbonyl (C=O) groups excluding carboxylic acids is 1. The zero-order valence-electron chi connectivity index (χ0n) is 12.1. The Bertz CT molecular complexity index is 406. The number of carbonyl (C=O) groups is 2. The molecule has 2 rings (SSSR count). The van der Waals surface area contributed by atoms with Crippen molar-refractivity contribution in [1.29, 1.82) is 0 Å². The van der Waals surface area contributed by atoms with E-state index in [1.807, 2.05) is 20.8 Å². The molecule has 1 heterocycles. The van der Waals surface area contributed by atoms with Crippen LogP contribution in [0.1, 0.15) is 33.6 Å². The van der Waals surface area contributed by atoms with Crippen LogP contribution in [0.4, 0.5) is 0 Å². The third-order valence-electron chi connectivity index (χ3n) is 4.82. The highest BCUT2D eigenvalue weighted by molar-refractivity contribution is 5.91. The molecule has 5 heteroatoms. The molecule has 1 aliphatic carbocycles. The summed E-state index contributed by atoms with van der Waals surface area (Å²) in [6, 6.07) is 0. The minimum atomic E-state index is -0.866. The number of amides is 1. The van der Waals surface area contributed by atoms with Gasteiger partial charge in [-0.2, -0.15) is 0 Å². The Morgan fingerprint density at radius 3 is 2.37 bits per heavy atom. The number of carboxylic acids is 1. The number of ether oxygens (including phenoxy) is 1. The SMILES string of the molecule is COC1(C)CCCN(C(=O)C2C(C(=O)O)C2(C)C)C1. The number of likely N-dealkylation sites (tertiary alicyclic amines) is 1. The van der Waals surface area contributed by atoms with Crippen molar-refractivity contribution in [2.45, 2.75) is 39.2 Å². The lowest BCUT2D eigenvalue weighted by Gasteiger charge is -2.39. The predicted octanol–water partition coefficient (Wildman–Crippen LogP) is 1.37. The second-order valence-corrected chi connectivity index (χ2v) is 6.63. The molecule has 0 aromatic heterocycles. The first-order valence-corrected chi connectivity index (χ1v) is 6.80. The zero-order chi connectivity index (χ0) is 14.4. The van der Waals surface area contributed by atoms with Gasteiger partial charge in [-0.15, -0.1) is 0 Å². The quantitative estimate of drug-likeness (QED) is 0.840. The smallest absolute Gasteiger partial charge is 0.307 e. The second kappa shape index (κ2) is 4.47. The third-order valence-corrected chi connectivity index (χ3v) is 4.82. The molecule has 2 aliphatic rings. The van der Waals surface area contributed by atoms with Crippen molar-refractivity contribution in [3.05, 3.63) is 0 Å². The fourth-order valence-corrected chi connectivity index (χ4v) is 3.32. The van der Waals surface area contributed by atoms with Crippen molar-refractivity contribution in [3.63, 3.8) is 0 Å². The number of methoxy groups -OCH3 is 1. The molecule has 2 fully saturated rings. The van der Waals surface area contributed by atoms with Gasteiger partial charge < -0.3 is 14.7 Å². The van der Waals surface area contributed by atoms with E-state index < -0.39 is 17.3 Å². The molecule has 5 nitrogen and oxygen atoms in total. The molecule has 0 aromatic carbocycles. The lowest BCUT2D eigenvalue weighted by molar-refractivity contribution is -0.145. The van der Waals surface area contributed by atoms with E-state index in [1.165, 1.54) is 0 Å². The minimum Gasteiger partial charge on any atom is -0.481 e. The molecule has 1 N–H and O–H groups in total. The van der Waals surface area contributed by atoms with Crippen LogP contribution in [0.15, 0.2) is 0 Å². The standard InChI is InChI=1S/C14H23NO4/c1-13(2)9(10(13)12(17)18)11(16)15-7-5-6-14(3,8-15)19-4/h9-10H,5-8H2,1-4H3,(H,17,18). The fraction of sp³-hybridized carbons (Fsp3) is 0.857. The summed E-state index contributed by atoms with van der Waals surface area (Å²) in [5.41, 5.74) is -0.727. The molecule has 0 radical (unpaired) electrons. The molecule has 1 amide bonds. The van der Waals surface area contributed by atoms with Gasteiger partial charge in [-0.25, -0.2) is 0 Å². The van der Waals surface area contributed by atoms with Gasteiger partial charge in [-0.3, -0.25) is 9.59 Å². The zero-order valence-corrected chi connectivity index (χ0v) is 12.1. The average molecular weight is 269 g/mol. The highest BCUT2D eigenvalue weighted by Gasteiger charge is 2.66. The highest BCUT2D eigenvalue weighted by atomic mass is 16.5. The maximum absolute atomic E-state index is 12.5. The Labute approximate surface area is 113 Å². The molecule has 1 saturated carbocycles. The van der Waals surface area contributed by atoms with Crippen LogP contribution >= 0.6 is 0 Å². The maximum Gasteiger partial charge on any atom is 0.307 e. The maximum atomic E-state index is 12.5. The van der Waals surface area contributed by atoms with Gasteiger partial charge >= 0.3 is 5.97 Å². The first kappa shape index (κ1) is 14.3. The monoisotopic (exact) mass is 269 g/mol. The van der Waals surface area contributed by atoms with E-state index in [-0.39, 0.29) is 17.4 Å². The van der Waals surface area contributed by atoms with E-state index in [0.29, 0.717) is 13.1 Å². The Morgan fingerprint density at radius 1 is 1.26 bits per heavy atom. The number of hydrogen-bond acceptors (Lipinski definition) is 3. The van der Waals surface area contributed by atoms with Crippen molar-refractivity contribution in [2.75, 3.05) is 20.2 Å². The summed E-state index contributed by atoms with van der Waals surface area (Å²) < 4.78 is 5.48. The molecule has 3 atom stereocenters. The number of nitrogens with zero attached hydrogens (tertiary/aromatic N) is 1. The Kier molecular flexibility index (Phi) is 3.37. The topological polar surface area (TPSA) is 66.8 Å². The molecule has 0 spiro atoms. The summed E-state index contributed by atoms with van der Waals surface area (Å²) in [6.07, 6.45) is 1.84. The Morgan fingerprint density at radius 2 is 1.89 bits per heavy atom. The molecular formula is C14H23NO4. The molecular weight excluding hydrogens is 246 g/mol. The van der Waals surface area contributed by atoms with Crippen LogP contribution in [0.2, 0.25) is 0 Å². The van der Waals surface area contributed by atoms with Gasteiger partial charge in [0.2, 0.25) is 5.91 Å². The van der Waals surface area contributed by atoms with E-state index in [0.717, 1.165) is 12.8 Å². The van der Waals surface area contributed by atoms with E-state index in [2.05, 4.69) is 0 Å². The lowest BCUT2D eigenvalue weighted by Crippen LogP contribution is -2.50. The molecule has 1 saturated heterocycles. The summed E-state index contributed by atoms with van der Waals surface area (Å²) >= 11 is 0. The number of hydrogen-bond donors (Lipinski definition) is 1. The van der Waals surface area contributed by atoms with Crippen molar-refractivity contribution in [3.8, 4) is 0 Å². The van der Waals surface area contributed by atoms with Crippen LogP contribution in [-0.2, 0) is 14.3 Å². The number of aliphatic carboxylic acids is 1. The number of piperidine rings is 1. The van der Waals surface area contributed by atoms with Gasteiger partial charge in [0.25, 0.3) is 0 Å². The molecule has 0 aromatic rings. The fourth-order valence-electron chi connectivity index (χ4n) is 3.32. The van der Waals surface area contributed by atoms with Gasteiger partial charge in [0.1, 0.15) is 0 Å². The van der Waals surface area contributed by atoms with Gasteiger partial charge in [0.05, 0.1) is 17.4 Å². The summed E-state index contributed by atoms with van der Waals surface area (Å²) in [7, 11) is 1.66. The average Bonchev–Trinajstić information content (AvgIpc) is 2.91. The number of carboxylic acid groups (broad SMARTS) is 1. The van der Waals surface area contributed by atoms with Crippen molar-refractivity contribution < 1.29 is 19.4 Å². The van der Waals surface area contributed by atoms with Gasteiger partial charge in [-0.05, 0) is 25.2 Å². The van der Waals surface area contributed by atoms with E-state index >= 15 is 0 Å². The van der Waals surface area contributed by atoms with Crippen molar-refractivity contribution in [2.24, 2.45) is 17.3 Å². The van der Waals surface area contributed by atoms with Crippen LogP contribution in [0.5, 0.6) is 0 Å². The van der Waals surface area contributed by atoms with Crippen LogP contribution in [0.3, 0.4) is 0 Å². The van der Waals surface area contributed by atoms with Crippen LogP contribution < -0.4 is 0 Å². The van der Waals surface area contributed by atoms with E-state index in [4.69, 9.17) is 9.84 Å². The second-order valence-electron chi connectivity index (χ2n) is 6.63. The Hall–Kier alpha value is -1.10. The first-order valence-electron chi connectivity index (χ1n) is 6.80. The summed E-state index contributed by atoms with van der Waals surface area (Å²) in [6.45, 7) is 6.97. The molecule has 19 heavy (non-hydrogen) atoms. The first-order chi connectivity index (χ1) is 8.73. The van der Waals surface area contributed by atoms with Gasteiger partial charge in [-0.1, -0.05) is 13.8 Å². The minimum absolute atomic E-state index is 0.0274. The third kappa shape index (κ3) is 2.36. The van der Waals surface area contributed by atoms with Crippen LogP contribution in [0, 0.1) is 17.3 Å². The molecule has 3 unspecified atom stereocenters. The molecule has 0 bridgehead atoms. The lowest BCUT2D eigenvalue weighted by atomic mass is 9.94. The molecule has 1 aliphatic heterocycles. The van der Waals surface area contributed by atoms with Crippen molar-refractivity contribution in [1.82, 2.24) is 4.90 Å². The molecule has 108 valence electrons. The summed E-state index contributed by atoms with van der Waals surface area (Å²) in [4.78, 5) is 25.4. The predicted molar refractivity (Wildman–Crippen MR) is 69.6 cm³/mol. The van der Waals surface area contributed by atoms with Crippen LogP contribution in [0.25, 0.3) is 0 Å². The van der Waals surface area contributed by atoms with E-state index in [1.54, 1.807) is 12.0 Å². The van der Waals surface area contributed by atoms with Crippen LogP contribution in [-0.4, -0.2) is 47.7 Å². The largest absolute Gasteiger partial charge is 0.481 e. The summed E-state index contributed by atoms with van der Waals surface area (Å²) in [5, 5.41) is 9.16. The highest BCUT2D eigenvalue weighted by Crippen LogP contribution is 2.59. The van der Waals surface area contributed by atoms with Crippen molar-refractivity contribution >= 4 is 11.9 Å².